The van der Waals surface area contributed by atoms with Gasteiger partial charge in [0.25, 0.3) is 0 Å². The van der Waals surface area contributed by atoms with Crippen molar-refractivity contribution in [2.45, 2.75) is 26.3 Å². The van der Waals surface area contributed by atoms with E-state index in [-0.39, 0.29) is 24.0 Å². The minimum absolute atomic E-state index is 0. The van der Waals surface area contributed by atoms with Gasteiger partial charge in [0.05, 0.1) is 6.54 Å². The summed E-state index contributed by atoms with van der Waals surface area (Å²) in [4.78, 5) is 12.6. The first-order valence-electron chi connectivity index (χ1n) is 6.76. The Kier molecular flexibility index (Phi) is 7.73. The number of halogens is 1. The van der Waals surface area contributed by atoms with Crippen molar-refractivity contribution in [3.63, 3.8) is 0 Å². The molecule has 3 N–H and O–H groups in total. The third-order valence-corrected chi connectivity index (χ3v) is 2.85. The van der Waals surface area contributed by atoms with Crippen LogP contribution in [0.4, 0.5) is 0 Å². The van der Waals surface area contributed by atoms with Crippen molar-refractivity contribution in [1.82, 2.24) is 19.9 Å². The second kappa shape index (κ2) is 9.32. The molecule has 2 heterocycles. The van der Waals surface area contributed by atoms with Crippen molar-refractivity contribution >= 4 is 29.9 Å². The molecule has 2 rings (SSSR count). The molecule has 0 aliphatic rings. The van der Waals surface area contributed by atoms with Crippen molar-refractivity contribution in [2.24, 2.45) is 10.7 Å². The average molecular weight is 400 g/mol. The number of rotatable bonds is 6. The van der Waals surface area contributed by atoms with Gasteiger partial charge in [-0.1, -0.05) is 13.3 Å². The summed E-state index contributed by atoms with van der Waals surface area (Å²) < 4.78 is 1.86. The normalized spacial score (nSPS) is 11.0. The highest BCUT2D eigenvalue weighted by molar-refractivity contribution is 14.0. The lowest BCUT2D eigenvalue weighted by Gasteiger charge is -2.05. The maximum Gasteiger partial charge on any atom is 0.188 e. The summed E-state index contributed by atoms with van der Waals surface area (Å²) in [7, 11) is 0. The van der Waals surface area contributed by atoms with E-state index in [9.17, 15) is 0 Å². The van der Waals surface area contributed by atoms with Crippen LogP contribution in [0.25, 0.3) is 5.82 Å². The zero-order valence-electron chi connectivity index (χ0n) is 12.1. The van der Waals surface area contributed by atoms with E-state index < -0.39 is 0 Å². The quantitative estimate of drug-likeness (QED) is 0.337. The minimum atomic E-state index is 0. The number of nitrogens with two attached hydrogens (primary N) is 1. The molecule has 2 aromatic heterocycles. The van der Waals surface area contributed by atoms with Gasteiger partial charge in [0.2, 0.25) is 0 Å². The molecule has 0 aromatic carbocycles. The highest BCUT2D eigenvalue weighted by Gasteiger charge is 1.99. The fourth-order valence-corrected chi connectivity index (χ4v) is 1.72. The molecule has 0 radical (unpaired) electrons. The third kappa shape index (κ3) is 5.70. The van der Waals surface area contributed by atoms with E-state index in [4.69, 9.17) is 5.73 Å². The topological polar surface area (TPSA) is 81.1 Å². The first-order chi connectivity index (χ1) is 9.79. The molecule has 0 bridgehead atoms. The molecule has 0 aliphatic carbocycles. The van der Waals surface area contributed by atoms with Crippen LogP contribution in [0.1, 0.15) is 25.3 Å². The van der Waals surface area contributed by atoms with E-state index in [1.165, 1.54) is 0 Å². The van der Waals surface area contributed by atoms with Crippen LogP contribution in [0.15, 0.2) is 42.0 Å². The molecule has 0 saturated heterocycles. The van der Waals surface area contributed by atoms with Crippen molar-refractivity contribution in [2.75, 3.05) is 6.54 Å². The van der Waals surface area contributed by atoms with Crippen LogP contribution in [-0.2, 0) is 6.54 Å². The predicted molar refractivity (Wildman–Crippen MR) is 95.0 cm³/mol. The summed E-state index contributed by atoms with van der Waals surface area (Å²) in [6.45, 7) is 3.54. The first kappa shape index (κ1) is 17.4. The van der Waals surface area contributed by atoms with Gasteiger partial charge in [0.15, 0.2) is 5.96 Å². The summed E-state index contributed by atoms with van der Waals surface area (Å²) in [5.74, 6) is 1.31. The number of imidazole rings is 1. The van der Waals surface area contributed by atoms with Crippen LogP contribution in [-0.4, -0.2) is 27.0 Å². The van der Waals surface area contributed by atoms with Gasteiger partial charge in [0.1, 0.15) is 12.1 Å². The summed E-state index contributed by atoms with van der Waals surface area (Å²) in [5.41, 5.74) is 6.86. The van der Waals surface area contributed by atoms with Crippen LogP contribution in [0, 0.1) is 0 Å². The maximum absolute atomic E-state index is 5.80. The Hall–Kier alpha value is -1.64. The van der Waals surface area contributed by atoms with Crippen LogP contribution >= 0.6 is 24.0 Å². The Bertz CT molecular complexity index is 552. The first-order valence-corrected chi connectivity index (χ1v) is 6.76. The molecule has 0 atom stereocenters. The molecular weight excluding hydrogens is 379 g/mol. The van der Waals surface area contributed by atoms with E-state index in [0.717, 1.165) is 30.8 Å². The van der Waals surface area contributed by atoms with Crippen molar-refractivity contribution in [3.05, 3.63) is 42.6 Å². The van der Waals surface area contributed by atoms with Gasteiger partial charge in [-0.05, 0) is 24.1 Å². The van der Waals surface area contributed by atoms with Gasteiger partial charge in [-0.3, -0.25) is 4.57 Å². The largest absolute Gasteiger partial charge is 0.370 e. The number of aliphatic imine (C=N–C) groups is 1. The van der Waals surface area contributed by atoms with E-state index >= 15 is 0 Å². The molecule has 2 aromatic rings. The molecule has 114 valence electrons. The molecule has 0 amide bonds. The van der Waals surface area contributed by atoms with E-state index in [1.54, 1.807) is 18.7 Å². The number of aromatic nitrogens is 3. The lowest BCUT2D eigenvalue weighted by atomic mass is 10.2. The SMILES string of the molecule is CCCCNC(N)=NCc1ccnc(-n2ccnc2)c1.I. The van der Waals surface area contributed by atoms with Crippen LogP contribution in [0.5, 0.6) is 0 Å². The molecule has 0 fully saturated rings. The van der Waals surface area contributed by atoms with Gasteiger partial charge in [-0.15, -0.1) is 24.0 Å². The highest BCUT2D eigenvalue weighted by Crippen LogP contribution is 2.07. The molecule has 0 aliphatic heterocycles. The Morgan fingerprint density at radius 2 is 2.29 bits per heavy atom. The standard InChI is InChI=1S/C14H20N6.HI/c1-2-3-5-18-14(15)19-10-12-4-6-17-13(9-12)20-8-7-16-11-20;/h4,6-9,11H,2-3,5,10H2,1H3,(H3,15,18,19);1H. The Balaban J connectivity index is 0.00000220. The summed E-state index contributed by atoms with van der Waals surface area (Å²) >= 11 is 0. The summed E-state index contributed by atoms with van der Waals surface area (Å²) in [5, 5.41) is 3.09. The fraction of sp³-hybridized carbons (Fsp3) is 0.357. The fourth-order valence-electron chi connectivity index (χ4n) is 1.72. The number of nitrogens with one attached hydrogen (secondary N) is 1. The third-order valence-electron chi connectivity index (χ3n) is 2.85. The molecule has 0 spiro atoms. The molecule has 21 heavy (non-hydrogen) atoms. The zero-order valence-corrected chi connectivity index (χ0v) is 14.4. The number of hydrogen-bond acceptors (Lipinski definition) is 3. The Labute approximate surface area is 141 Å². The highest BCUT2D eigenvalue weighted by atomic mass is 127. The van der Waals surface area contributed by atoms with Gasteiger partial charge < -0.3 is 11.1 Å². The van der Waals surface area contributed by atoms with Crippen molar-refractivity contribution in [1.29, 1.82) is 0 Å². The van der Waals surface area contributed by atoms with Gasteiger partial charge in [-0.2, -0.15) is 0 Å². The van der Waals surface area contributed by atoms with Crippen LogP contribution < -0.4 is 11.1 Å². The summed E-state index contributed by atoms with van der Waals surface area (Å²) in [6.07, 6.45) is 9.30. The lowest BCUT2D eigenvalue weighted by Crippen LogP contribution is -2.32. The van der Waals surface area contributed by atoms with Crippen LogP contribution in [0.3, 0.4) is 0 Å². The minimum Gasteiger partial charge on any atom is -0.370 e. The predicted octanol–water partition coefficient (Wildman–Crippen LogP) is 2.09. The number of hydrogen-bond donors (Lipinski definition) is 2. The van der Waals surface area contributed by atoms with E-state index in [2.05, 4.69) is 27.2 Å². The second-order valence-electron chi connectivity index (χ2n) is 4.47. The molecule has 0 saturated carbocycles. The number of pyridine rings is 1. The van der Waals surface area contributed by atoms with Crippen molar-refractivity contribution in [3.8, 4) is 5.82 Å². The Morgan fingerprint density at radius 3 is 3.00 bits per heavy atom. The van der Waals surface area contributed by atoms with Gasteiger partial charge >= 0.3 is 0 Å². The van der Waals surface area contributed by atoms with Crippen LogP contribution in [0.2, 0.25) is 0 Å². The molecular formula is C14H21IN6. The maximum atomic E-state index is 5.80. The van der Waals surface area contributed by atoms with Crippen molar-refractivity contribution < 1.29 is 0 Å². The smallest absolute Gasteiger partial charge is 0.188 e. The monoisotopic (exact) mass is 400 g/mol. The van der Waals surface area contributed by atoms with Gasteiger partial charge in [-0.25, -0.2) is 15.0 Å². The molecule has 0 unspecified atom stereocenters. The number of guanidine groups is 1. The second-order valence-corrected chi connectivity index (χ2v) is 4.47. The lowest BCUT2D eigenvalue weighted by molar-refractivity contribution is 0.748. The molecule has 6 nitrogen and oxygen atoms in total. The Morgan fingerprint density at radius 1 is 1.43 bits per heavy atom. The average Bonchev–Trinajstić information content (AvgIpc) is 3.00. The molecule has 7 heteroatoms. The number of unbranched alkanes of at least 4 members (excludes halogenated alkanes) is 1. The summed E-state index contributed by atoms with van der Waals surface area (Å²) in [6, 6.07) is 3.91. The van der Waals surface area contributed by atoms with E-state index in [0.29, 0.717) is 12.5 Å². The van der Waals surface area contributed by atoms with Gasteiger partial charge in [0, 0.05) is 25.1 Å². The zero-order chi connectivity index (χ0) is 14.2. The van der Waals surface area contributed by atoms with E-state index in [1.807, 2.05) is 22.9 Å². The number of nitrogens with zero attached hydrogens (tertiary/aromatic N) is 4.